The van der Waals surface area contributed by atoms with Crippen LogP contribution in [0.3, 0.4) is 0 Å². The van der Waals surface area contributed by atoms with Crippen molar-refractivity contribution in [3.05, 3.63) is 41.5 Å². The van der Waals surface area contributed by atoms with E-state index in [1.807, 2.05) is 0 Å². The molecule has 4 heteroatoms. The van der Waals surface area contributed by atoms with Crippen molar-refractivity contribution in [1.29, 1.82) is 0 Å². The summed E-state index contributed by atoms with van der Waals surface area (Å²) in [6.07, 6.45) is -1.02. The molecule has 0 amide bonds. The zero-order valence-electron chi connectivity index (χ0n) is 9.05. The molecule has 90 valence electrons. The van der Waals surface area contributed by atoms with Gasteiger partial charge >= 0.3 is 6.18 Å². The Kier molecular flexibility index (Phi) is 3.05. The van der Waals surface area contributed by atoms with Crippen molar-refractivity contribution in [2.45, 2.75) is 25.4 Å². The lowest BCUT2D eigenvalue weighted by atomic mass is 9.92. The van der Waals surface area contributed by atoms with Crippen molar-refractivity contribution in [3.63, 3.8) is 0 Å². The van der Waals surface area contributed by atoms with E-state index in [1.54, 1.807) is 6.08 Å². The quantitative estimate of drug-likeness (QED) is 0.728. The van der Waals surface area contributed by atoms with Crippen molar-refractivity contribution in [2.75, 3.05) is 0 Å². The minimum atomic E-state index is -4.30. The molecule has 0 aromatic heterocycles. The predicted molar refractivity (Wildman–Crippen MR) is 58.3 cm³/mol. The Labute approximate surface area is 96.9 Å². The van der Waals surface area contributed by atoms with Gasteiger partial charge in [0.2, 0.25) is 0 Å². The minimum Gasteiger partial charge on any atom is -0.299 e. The van der Waals surface area contributed by atoms with Crippen LogP contribution >= 0.6 is 0 Å². The van der Waals surface area contributed by atoms with Gasteiger partial charge in [-0.3, -0.25) is 4.79 Å². The molecule has 0 bridgehead atoms. The highest BCUT2D eigenvalue weighted by Gasteiger charge is 2.30. The van der Waals surface area contributed by atoms with E-state index in [-0.39, 0.29) is 5.78 Å². The standard InChI is InChI=1S/C13H11F3O/c14-13(15,16)11-5-1-9(2-6-11)10-3-7-12(17)8-4-10/h1-3,5-6H,4,7-8H2. The Bertz CT molecular complexity index is 455. The average molecular weight is 240 g/mol. The third-order valence-electron chi connectivity index (χ3n) is 2.83. The molecule has 0 N–H and O–H groups in total. The number of ketones is 1. The van der Waals surface area contributed by atoms with Gasteiger partial charge in [-0.05, 0) is 29.7 Å². The number of benzene rings is 1. The molecule has 0 heterocycles. The second kappa shape index (κ2) is 4.35. The fraction of sp³-hybridized carbons (Fsp3) is 0.308. The number of Topliss-reactive ketones (excluding diaryl/α,β-unsaturated/α-hetero) is 1. The number of carbonyl (C=O) groups excluding carboxylic acids is 1. The van der Waals surface area contributed by atoms with Gasteiger partial charge in [-0.15, -0.1) is 0 Å². The van der Waals surface area contributed by atoms with Crippen molar-refractivity contribution in [2.24, 2.45) is 0 Å². The Morgan fingerprint density at radius 3 is 2.12 bits per heavy atom. The average Bonchev–Trinajstić information content (AvgIpc) is 2.29. The first-order valence-electron chi connectivity index (χ1n) is 5.35. The maximum atomic E-state index is 12.4. The molecule has 0 atom stereocenters. The Balaban J connectivity index is 2.21. The van der Waals surface area contributed by atoms with E-state index in [2.05, 4.69) is 0 Å². The van der Waals surface area contributed by atoms with Crippen LogP contribution in [0.15, 0.2) is 30.3 Å². The highest BCUT2D eigenvalue weighted by molar-refractivity contribution is 5.86. The summed E-state index contributed by atoms with van der Waals surface area (Å²) in [4.78, 5) is 11.0. The van der Waals surface area contributed by atoms with Crippen LogP contribution in [-0.4, -0.2) is 5.78 Å². The first kappa shape index (κ1) is 11.9. The molecule has 1 aromatic rings. The molecule has 0 fully saturated rings. The van der Waals surface area contributed by atoms with E-state index in [1.165, 1.54) is 12.1 Å². The summed E-state index contributed by atoms with van der Waals surface area (Å²) < 4.78 is 37.1. The molecule has 0 radical (unpaired) electrons. The Morgan fingerprint density at radius 2 is 1.65 bits per heavy atom. The zero-order chi connectivity index (χ0) is 12.5. The van der Waals surface area contributed by atoms with Gasteiger partial charge in [0.25, 0.3) is 0 Å². The van der Waals surface area contributed by atoms with E-state index in [9.17, 15) is 18.0 Å². The number of carbonyl (C=O) groups is 1. The summed E-state index contributed by atoms with van der Waals surface area (Å²) in [5.41, 5.74) is 1.08. The van der Waals surface area contributed by atoms with Crippen molar-refractivity contribution in [1.82, 2.24) is 0 Å². The van der Waals surface area contributed by atoms with Gasteiger partial charge < -0.3 is 0 Å². The van der Waals surface area contributed by atoms with E-state index in [0.29, 0.717) is 19.3 Å². The summed E-state index contributed by atoms with van der Waals surface area (Å²) in [5, 5.41) is 0. The zero-order valence-corrected chi connectivity index (χ0v) is 9.05. The number of allylic oxidation sites excluding steroid dienone is 2. The van der Waals surface area contributed by atoms with Crippen LogP contribution in [0.1, 0.15) is 30.4 Å². The largest absolute Gasteiger partial charge is 0.416 e. The fourth-order valence-electron chi connectivity index (χ4n) is 1.85. The summed E-state index contributed by atoms with van der Waals surface area (Å²) >= 11 is 0. The molecule has 0 saturated carbocycles. The number of rotatable bonds is 1. The number of halogens is 3. The lowest BCUT2D eigenvalue weighted by Gasteiger charge is -2.13. The molecule has 1 nitrogen and oxygen atoms in total. The van der Waals surface area contributed by atoms with Gasteiger partial charge in [0.1, 0.15) is 5.78 Å². The number of alkyl halides is 3. The second-order valence-electron chi connectivity index (χ2n) is 4.05. The smallest absolute Gasteiger partial charge is 0.299 e. The van der Waals surface area contributed by atoms with Crippen molar-refractivity contribution >= 4 is 11.4 Å². The molecule has 0 saturated heterocycles. The molecule has 0 unspecified atom stereocenters. The van der Waals surface area contributed by atoms with Crippen LogP contribution in [0.2, 0.25) is 0 Å². The van der Waals surface area contributed by atoms with Gasteiger partial charge in [0.05, 0.1) is 5.56 Å². The summed E-state index contributed by atoms with van der Waals surface area (Å²) in [5.74, 6) is 0.181. The molecular formula is C13H11F3O. The lowest BCUT2D eigenvalue weighted by Crippen LogP contribution is -2.05. The van der Waals surface area contributed by atoms with Gasteiger partial charge in [0.15, 0.2) is 0 Å². The molecular weight excluding hydrogens is 229 g/mol. The summed E-state index contributed by atoms with van der Waals surface area (Å²) in [7, 11) is 0. The Morgan fingerprint density at radius 1 is 1.00 bits per heavy atom. The maximum Gasteiger partial charge on any atom is 0.416 e. The van der Waals surface area contributed by atoms with E-state index in [4.69, 9.17) is 0 Å². The van der Waals surface area contributed by atoms with Crippen molar-refractivity contribution < 1.29 is 18.0 Å². The summed E-state index contributed by atoms with van der Waals surface area (Å²) in [6, 6.07) is 5.08. The minimum absolute atomic E-state index is 0.181. The van der Waals surface area contributed by atoms with Gasteiger partial charge in [-0.1, -0.05) is 18.2 Å². The van der Waals surface area contributed by atoms with E-state index in [0.717, 1.165) is 23.3 Å². The normalized spacial score (nSPS) is 16.9. The van der Waals surface area contributed by atoms with Crippen molar-refractivity contribution in [3.8, 4) is 0 Å². The summed E-state index contributed by atoms with van der Waals surface area (Å²) in [6.45, 7) is 0. The first-order chi connectivity index (χ1) is 7.97. The highest BCUT2D eigenvalue weighted by Crippen LogP contribution is 2.31. The monoisotopic (exact) mass is 240 g/mol. The number of hydrogen-bond acceptors (Lipinski definition) is 1. The van der Waals surface area contributed by atoms with Gasteiger partial charge in [-0.2, -0.15) is 13.2 Å². The van der Waals surface area contributed by atoms with Crippen LogP contribution in [0, 0.1) is 0 Å². The third-order valence-corrected chi connectivity index (χ3v) is 2.83. The molecule has 1 aliphatic carbocycles. The van der Waals surface area contributed by atoms with Crippen LogP contribution < -0.4 is 0 Å². The van der Waals surface area contributed by atoms with Crippen LogP contribution in [0.4, 0.5) is 13.2 Å². The molecule has 2 rings (SSSR count). The van der Waals surface area contributed by atoms with Crippen LogP contribution in [0.5, 0.6) is 0 Å². The fourth-order valence-corrected chi connectivity index (χ4v) is 1.85. The lowest BCUT2D eigenvalue weighted by molar-refractivity contribution is -0.137. The van der Waals surface area contributed by atoms with Crippen LogP contribution in [0.25, 0.3) is 5.57 Å². The molecule has 1 aliphatic rings. The molecule has 0 aliphatic heterocycles. The van der Waals surface area contributed by atoms with E-state index >= 15 is 0 Å². The SMILES string of the molecule is O=C1CC=C(c2ccc(C(F)(F)F)cc2)CC1. The van der Waals surface area contributed by atoms with Crippen LogP contribution in [-0.2, 0) is 11.0 Å². The topological polar surface area (TPSA) is 17.1 Å². The molecule has 1 aromatic carbocycles. The molecule has 17 heavy (non-hydrogen) atoms. The van der Waals surface area contributed by atoms with Gasteiger partial charge in [0, 0.05) is 12.8 Å². The van der Waals surface area contributed by atoms with E-state index < -0.39 is 11.7 Å². The van der Waals surface area contributed by atoms with Gasteiger partial charge in [-0.25, -0.2) is 0 Å². The highest BCUT2D eigenvalue weighted by atomic mass is 19.4. The number of hydrogen-bond donors (Lipinski definition) is 0. The predicted octanol–water partition coefficient (Wildman–Crippen LogP) is 3.84. The first-order valence-corrected chi connectivity index (χ1v) is 5.35. The second-order valence-corrected chi connectivity index (χ2v) is 4.05. The maximum absolute atomic E-state index is 12.4. The third kappa shape index (κ3) is 2.75. The molecule has 0 spiro atoms. The Hall–Kier alpha value is -1.58.